The van der Waals surface area contributed by atoms with Crippen molar-refractivity contribution in [1.29, 1.82) is 0 Å². The molecule has 28 heavy (non-hydrogen) atoms. The largest absolute Gasteiger partial charge is 0.481 e. The maximum absolute atomic E-state index is 12.6. The predicted molar refractivity (Wildman–Crippen MR) is 107 cm³/mol. The zero-order chi connectivity index (χ0) is 22.1. The molecule has 9 heteroatoms. The maximum atomic E-state index is 12.6. The van der Waals surface area contributed by atoms with Gasteiger partial charge in [0.15, 0.2) is 0 Å². The van der Waals surface area contributed by atoms with Crippen molar-refractivity contribution in [3.63, 3.8) is 0 Å². The molecule has 2 atom stereocenters. The molecule has 0 aliphatic rings. The van der Waals surface area contributed by atoms with Crippen LogP contribution in [0.15, 0.2) is 0 Å². The number of ketones is 1. The average molecular weight is 420 g/mol. The van der Waals surface area contributed by atoms with Crippen molar-refractivity contribution >= 4 is 35.4 Å². The van der Waals surface area contributed by atoms with Gasteiger partial charge < -0.3 is 20.6 Å². The number of carboxylic acids is 2. The fraction of sp³-hybridized carbons (Fsp3) is 0.789. The smallest absolute Gasteiger partial charge is 0.327 e. The third-order valence-electron chi connectivity index (χ3n) is 4.09. The Morgan fingerprint density at radius 3 is 2.04 bits per heavy atom. The summed E-state index contributed by atoms with van der Waals surface area (Å²) in [5.74, 6) is -3.43. The fourth-order valence-corrected chi connectivity index (χ4v) is 3.35. The number of carboxylic acid groups (broad SMARTS) is 2. The number of rotatable bonds is 13. The van der Waals surface area contributed by atoms with E-state index in [1.165, 1.54) is 25.6 Å². The molecule has 4 N–H and O–H groups in total. The van der Waals surface area contributed by atoms with Gasteiger partial charge in [-0.2, -0.15) is 11.8 Å². The van der Waals surface area contributed by atoms with Crippen LogP contribution >= 0.6 is 11.8 Å². The van der Waals surface area contributed by atoms with Crippen LogP contribution in [0.1, 0.15) is 53.9 Å². The first-order valence-corrected chi connectivity index (χ1v) is 10.3. The van der Waals surface area contributed by atoms with Crippen LogP contribution in [0, 0.1) is 16.7 Å². The van der Waals surface area contributed by atoms with E-state index in [0.29, 0.717) is 5.75 Å². The Labute approximate surface area is 170 Å². The minimum atomic E-state index is -1.19. The minimum absolute atomic E-state index is 0.00402. The first kappa shape index (κ1) is 26.4. The molecule has 1 unspecified atom stereocenters. The van der Waals surface area contributed by atoms with Gasteiger partial charge in [0.1, 0.15) is 11.8 Å². The molecule has 1 amide bonds. The summed E-state index contributed by atoms with van der Waals surface area (Å²) in [6.45, 7) is 8.72. The first-order chi connectivity index (χ1) is 12.7. The molecule has 8 nitrogen and oxygen atoms in total. The molecule has 0 aliphatic carbocycles. The maximum Gasteiger partial charge on any atom is 0.327 e. The SMILES string of the molecule is CC(C)(C)CSC[C@H](NC(=O)C(CCC(=O)O)CC(=O)C(C)(C)CO)C(=O)O. The molecule has 0 saturated carbocycles. The lowest BCUT2D eigenvalue weighted by atomic mass is 9.82. The van der Waals surface area contributed by atoms with Crippen LogP contribution in [-0.4, -0.2) is 63.1 Å². The second-order valence-corrected chi connectivity index (χ2v) is 9.80. The molecule has 162 valence electrons. The lowest BCUT2D eigenvalue weighted by Crippen LogP contribution is -2.46. The van der Waals surface area contributed by atoms with Gasteiger partial charge in [0.2, 0.25) is 5.91 Å². The van der Waals surface area contributed by atoms with Gasteiger partial charge in [-0.15, -0.1) is 0 Å². The molecule has 0 rings (SSSR count). The van der Waals surface area contributed by atoms with Crippen molar-refractivity contribution in [1.82, 2.24) is 5.32 Å². The van der Waals surface area contributed by atoms with E-state index in [9.17, 15) is 29.4 Å². The predicted octanol–water partition coefficient (Wildman–Crippen LogP) is 1.79. The summed E-state index contributed by atoms with van der Waals surface area (Å²) in [7, 11) is 0. The number of hydrogen-bond donors (Lipinski definition) is 4. The first-order valence-electron chi connectivity index (χ1n) is 9.16. The lowest BCUT2D eigenvalue weighted by Gasteiger charge is -2.25. The van der Waals surface area contributed by atoms with E-state index in [1.807, 2.05) is 20.8 Å². The second-order valence-electron chi connectivity index (χ2n) is 8.77. The van der Waals surface area contributed by atoms with Crippen LogP contribution < -0.4 is 5.32 Å². The zero-order valence-corrected chi connectivity index (χ0v) is 18.1. The third-order valence-corrected chi connectivity index (χ3v) is 5.73. The highest BCUT2D eigenvalue weighted by molar-refractivity contribution is 7.99. The summed E-state index contributed by atoms with van der Waals surface area (Å²) in [5, 5.41) is 30.0. The molecular weight excluding hydrogens is 386 g/mol. The van der Waals surface area contributed by atoms with Crippen LogP contribution in [0.3, 0.4) is 0 Å². The van der Waals surface area contributed by atoms with E-state index in [4.69, 9.17) is 5.11 Å². The number of Topliss-reactive ketones (excluding diaryl/α,β-unsaturated/α-hetero) is 1. The highest BCUT2D eigenvalue weighted by Crippen LogP contribution is 2.24. The Bertz CT molecular complexity index is 569. The van der Waals surface area contributed by atoms with E-state index in [2.05, 4.69) is 5.32 Å². The summed E-state index contributed by atoms with van der Waals surface area (Å²) in [6.07, 6.45) is -0.661. The van der Waals surface area contributed by atoms with Gasteiger partial charge in [0, 0.05) is 29.9 Å². The van der Waals surface area contributed by atoms with Crippen molar-refractivity contribution in [2.75, 3.05) is 18.1 Å². The lowest BCUT2D eigenvalue weighted by molar-refractivity contribution is -0.143. The third kappa shape index (κ3) is 10.7. The Balaban J connectivity index is 5.13. The van der Waals surface area contributed by atoms with E-state index >= 15 is 0 Å². The van der Waals surface area contributed by atoms with Crippen LogP contribution in [-0.2, 0) is 19.2 Å². The molecule has 0 aromatic rings. The number of amides is 1. The van der Waals surface area contributed by atoms with Crippen LogP contribution in [0.25, 0.3) is 0 Å². The quantitative estimate of drug-likeness (QED) is 0.354. The molecular formula is C19H33NO7S. The van der Waals surface area contributed by atoms with E-state index in [0.717, 1.165) is 0 Å². The molecule has 0 saturated heterocycles. The monoisotopic (exact) mass is 419 g/mol. The normalized spacial score (nSPS) is 14.2. The fourth-order valence-electron chi connectivity index (χ4n) is 2.16. The Morgan fingerprint density at radius 2 is 1.61 bits per heavy atom. The van der Waals surface area contributed by atoms with Gasteiger partial charge in [0.25, 0.3) is 0 Å². The summed E-state index contributed by atoms with van der Waals surface area (Å²) in [6, 6.07) is -1.13. The Kier molecular flexibility index (Phi) is 10.7. The van der Waals surface area contributed by atoms with Crippen molar-refractivity contribution in [2.45, 2.75) is 59.9 Å². The number of nitrogens with one attached hydrogen (secondary N) is 1. The highest BCUT2D eigenvalue weighted by atomic mass is 32.2. The highest BCUT2D eigenvalue weighted by Gasteiger charge is 2.33. The Morgan fingerprint density at radius 1 is 1.04 bits per heavy atom. The number of carbonyl (C=O) groups excluding carboxylic acids is 2. The van der Waals surface area contributed by atoms with Crippen LogP contribution in [0.2, 0.25) is 0 Å². The van der Waals surface area contributed by atoms with Gasteiger partial charge in [0.05, 0.1) is 6.61 Å². The van der Waals surface area contributed by atoms with Crippen LogP contribution in [0.4, 0.5) is 0 Å². The molecule has 0 bridgehead atoms. The van der Waals surface area contributed by atoms with Gasteiger partial charge in [-0.05, 0) is 17.6 Å². The number of carbonyl (C=O) groups is 4. The second kappa shape index (κ2) is 11.4. The standard InChI is InChI=1S/C19H33NO7S/c1-18(2,3)11-28-9-13(17(26)27)20-16(25)12(6-7-15(23)24)8-14(22)19(4,5)10-21/h12-13,21H,6-11H2,1-5H3,(H,20,25)(H,23,24)(H,26,27)/t12?,13-/m0/s1. The van der Waals surface area contributed by atoms with E-state index < -0.39 is 41.8 Å². The molecule has 0 aromatic carbocycles. The summed E-state index contributed by atoms with van der Waals surface area (Å²) in [5.41, 5.74) is -1.05. The van der Waals surface area contributed by atoms with Gasteiger partial charge >= 0.3 is 11.9 Å². The number of aliphatic hydroxyl groups excluding tert-OH is 1. The van der Waals surface area contributed by atoms with E-state index in [-0.39, 0.29) is 36.2 Å². The van der Waals surface area contributed by atoms with Crippen molar-refractivity contribution in [2.24, 2.45) is 16.7 Å². The Hall–Kier alpha value is -1.61. The average Bonchev–Trinajstić information content (AvgIpc) is 2.55. The van der Waals surface area contributed by atoms with E-state index in [1.54, 1.807) is 0 Å². The summed E-state index contributed by atoms with van der Waals surface area (Å²) < 4.78 is 0. The number of aliphatic hydroxyl groups is 1. The molecule has 0 aromatic heterocycles. The van der Waals surface area contributed by atoms with Crippen molar-refractivity contribution < 1.29 is 34.5 Å². The molecule has 0 heterocycles. The molecule has 0 spiro atoms. The van der Waals surface area contributed by atoms with Crippen LogP contribution in [0.5, 0.6) is 0 Å². The number of thioether (sulfide) groups is 1. The topological polar surface area (TPSA) is 141 Å². The molecule has 0 fully saturated rings. The molecule has 0 aliphatic heterocycles. The molecule has 0 radical (unpaired) electrons. The summed E-state index contributed by atoms with van der Waals surface area (Å²) in [4.78, 5) is 47.3. The number of aliphatic carboxylic acids is 2. The zero-order valence-electron chi connectivity index (χ0n) is 17.3. The van der Waals surface area contributed by atoms with Crippen molar-refractivity contribution in [3.05, 3.63) is 0 Å². The van der Waals surface area contributed by atoms with Gasteiger partial charge in [-0.25, -0.2) is 4.79 Å². The van der Waals surface area contributed by atoms with Gasteiger partial charge in [-0.3, -0.25) is 14.4 Å². The van der Waals surface area contributed by atoms with Gasteiger partial charge in [-0.1, -0.05) is 34.6 Å². The van der Waals surface area contributed by atoms with Crippen molar-refractivity contribution in [3.8, 4) is 0 Å². The number of hydrogen-bond acceptors (Lipinski definition) is 6. The summed E-state index contributed by atoms with van der Waals surface area (Å²) >= 11 is 1.40. The minimum Gasteiger partial charge on any atom is -0.481 e.